The predicted molar refractivity (Wildman–Crippen MR) is 23.2 cm³/mol. The van der Waals surface area contributed by atoms with E-state index in [2.05, 4.69) is 24.8 Å². The molecular weight excluding hydrogens is 146 g/mol. The molecule has 0 atom stereocenters. The van der Waals surface area contributed by atoms with Crippen LogP contribution in [0.4, 0.5) is 0 Å². The van der Waals surface area contributed by atoms with Gasteiger partial charge in [-0.05, 0) is 13.8 Å². The first-order chi connectivity index (χ1) is 2.73. The molecule has 0 aromatic rings. The Hall–Kier alpha value is 0.744. The van der Waals surface area contributed by atoms with Gasteiger partial charge in [-0.25, -0.2) is 0 Å². The Labute approximate surface area is 50.3 Å². The van der Waals surface area contributed by atoms with E-state index in [1.54, 1.807) is 13.8 Å². The summed E-state index contributed by atoms with van der Waals surface area (Å²) in [6.45, 7) is 3.44. The molecule has 0 aliphatic carbocycles. The van der Waals surface area contributed by atoms with Crippen molar-refractivity contribution in [3.63, 3.8) is 0 Å². The molecule has 0 spiro atoms. The molecule has 43 valence electrons. The van der Waals surface area contributed by atoms with E-state index in [-0.39, 0.29) is 6.10 Å². The summed E-state index contributed by atoms with van der Waals surface area (Å²) in [5, 5.41) is 8.06. The van der Waals surface area contributed by atoms with Crippen LogP contribution in [0.25, 0.3) is 0 Å². The number of aliphatic hydroxyl groups is 1. The summed E-state index contributed by atoms with van der Waals surface area (Å²) < 4.78 is 0. The summed E-state index contributed by atoms with van der Waals surface area (Å²) in [6, 6.07) is 0. The molecule has 0 amide bonds. The van der Waals surface area contributed by atoms with E-state index < -0.39 is 0 Å². The van der Waals surface area contributed by atoms with Gasteiger partial charge in [0.25, 0.3) is 0 Å². The van der Waals surface area contributed by atoms with E-state index in [0.717, 1.165) is 0 Å². The van der Waals surface area contributed by atoms with Crippen LogP contribution in [-0.2, 0) is 14.6 Å². The van der Waals surface area contributed by atoms with Gasteiger partial charge in [0.1, 0.15) is 0 Å². The molecule has 0 unspecified atom stereocenters. The Balaban J connectivity index is 0. The fourth-order valence-corrected chi connectivity index (χ4v) is 0. The van der Waals surface area contributed by atoms with Crippen LogP contribution in [0, 0.1) is 0 Å². The van der Waals surface area contributed by atoms with E-state index in [4.69, 9.17) is 5.11 Å². The second-order valence-corrected chi connectivity index (χ2v) is 1.09. The molecule has 0 saturated heterocycles. The molecule has 6 heavy (non-hydrogen) atoms. The molecule has 0 rings (SSSR count). The minimum atomic E-state index is -0.167. The molecule has 0 heterocycles. The fraction of sp³-hybridized carbons (Fsp3) is 1.00. The fourth-order valence-electron chi connectivity index (χ4n) is 0. The predicted octanol–water partition coefficient (Wildman–Crippen LogP) is 1.07. The van der Waals surface area contributed by atoms with Crippen LogP contribution < -0.4 is 0 Å². The summed E-state index contributed by atoms with van der Waals surface area (Å²) in [7, 11) is 4.26. The summed E-state index contributed by atoms with van der Waals surface area (Å²) in [6.07, 6.45) is -0.167. The van der Waals surface area contributed by atoms with Crippen molar-refractivity contribution in [3.05, 3.63) is 0 Å². The SMILES string of the molecule is CC(C)O.[Cl][Ni]. The van der Waals surface area contributed by atoms with Gasteiger partial charge in [0.15, 0.2) is 0 Å². The van der Waals surface area contributed by atoms with Crippen molar-refractivity contribution >= 4 is 10.2 Å². The molecule has 0 aromatic heterocycles. The van der Waals surface area contributed by atoms with Gasteiger partial charge in [-0.2, -0.15) is 0 Å². The third-order valence-corrected chi connectivity index (χ3v) is 0. The van der Waals surface area contributed by atoms with Gasteiger partial charge in [0, 0.05) is 6.10 Å². The zero-order valence-corrected chi connectivity index (χ0v) is 5.46. The van der Waals surface area contributed by atoms with Gasteiger partial charge < -0.3 is 5.11 Å². The van der Waals surface area contributed by atoms with Gasteiger partial charge >= 0.3 is 24.8 Å². The van der Waals surface area contributed by atoms with Crippen LogP contribution >= 0.6 is 10.2 Å². The Kier molecular flexibility index (Phi) is 15.2. The molecule has 0 radical (unpaired) electrons. The van der Waals surface area contributed by atoms with E-state index in [1.165, 1.54) is 0 Å². The van der Waals surface area contributed by atoms with Crippen molar-refractivity contribution in [2.75, 3.05) is 0 Å². The normalized spacial score (nSPS) is 7.17. The first kappa shape index (κ1) is 9.89. The summed E-state index contributed by atoms with van der Waals surface area (Å²) in [5.74, 6) is 0. The second-order valence-electron chi connectivity index (χ2n) is 1.09. The van der Waals surface area contributed by atoms with Gasteiger partial charge in [0.05, 0.1) is 0 Å². The summed E-state index contributed by atoms with van der Waals surface area (Å²) in [4.78, 5) is 0. The van der Waals surface area contributed by atoms with Crippen molar-refractivity contribution < 1.29 is 19.7 Å². The average molecular weight is 154 g/mol. The van der Waals surface area contributed by atoms with Crippen molar-refractivity contribution in [2.24, 2.45) is 0 Å². The molecule has 1 nitrogen and oxygen atoms in total. The number of hydrogen-bond donors (Lipinski definition) is 1. The van der Waals surface area contributed by atoms with Crippen molar-refractivity contribution in [2.45, 2.75) is 20.0 Å². The Morgan fingerprint density at radius 2 is 1.50 bits per heavy atom. The third-order valence-electron chi connectivity index (χ3n) is 0. The Bertz CT molecular complexity index is 15.5. The van der Waals surface area contributed by atoms with Gasteiger partial charge in [-0.15, -0.1) is 0 Å². The van der Waals surface area contributed by atoms with Crippen molar-refractivity contribution in [1.82, 2.24) is 0 Å². The van der Waals surface area contributed by atoms with Gasteiger partial charge in [-0.1, -0.05) is 0 Å². The molecule has 1 N–H and O–H groups in total. The van der Waals surface area contributed by atoms with E-state index in [1.807, 2.05) is 0 Å². The van der Waals surface area contributed by atoms with Crippen LogP contribution in [0.5, 0.6) is 0 Å². The molecule has 0 aliphatic heterocycles. The van der Waals surface area contributed by atoms with E-state index in [0.29, 0.717) is 0 Å². The summed E-state index contributed by atoms with van der Waals surface area (Å²) >= 11 is 3.35. The maximum atomic E-state index is 8.06. The van der Waals surface area contributed by atoms with Crippen LogP contribution in [0.3, 0.4) is 0 Å². The number of rotatable bonds is 0. The second kappa shape index (κ2) is 9.22. The van der Waals surface area contributed by atoms with Crippen LogP contribution in [-0.4, -0.2) is 11.2 Å². The minimum absolute atomic E-state index is 0.167. The molecule has 0 saturated carbocycles. The monoisotopic (exact) mass is 153 g/mol. The zero-order chi connectivity index (χ0) is 5.58. The standard InChI is InChI=1S/C3H8O.ClH.Ni/c1-3(2)4;;/h3-4H,1-2H3;1H;/q;;+1/p-1. The summed E-state index contributed by atoms with van der Waals surface area (Å²) in [5.41, 5.74) is 0. The number of hydrogen-bond acceptors (Lipinski definition) is 1. The third kappa shape index (κ3) is 120. The maximum absolute atomic E-state index is 8.06. The van der Waals surface area contributed by atoms with Crippen LogP contribution in [0.15, 0.2) is 0 Å². The molecule has 0 aliphatic rings. The molecule has 3 heteroatoms. The Morgan fingerprint density at radius 3 is 1.50 bits per heavy atom. The van der Waals surface area contributed by atoms with E-state index in [9.17, 15) is 0 Å². The average Bonchev–Trinajstić information content (AvgIpc) is 1.41. The van der Waals surface area contributed by atoms with Crippen LogP contribution in [0.1, 0.15) is 13.8 Å². The quantitative estimate of drug-likeness (QED) is 0.517. The van der Waals surface area contributed by atoms with Gasteiger partial charge in [0.2, 0.25) is 0 Å². The number of aliphatic hydroxyl groups excluding tert-OH is 1. The first-order valence-corrected chi connectivity index (χ1v) is 2.89. The molecule has 0 bridgehead atoms. The number of halogens is 1. The Morgan fingerprint density at radius 1 is 1.50 bits per heavy atom. The van der Waals surface area contributed by atoms with E-state index >= 15 is 0 Å². The van der Waals surface area contributed by atoms with Crippen LogP contribution in [0.2, 0.25) is 0 Å². The van der Waals surface area contributed by atoms with Crippen molar-refractivity contribution in [1.29, 1.82) is 0 Å². The molecular formula is C3H8ClNiO. The zero-order valence-electron chi connectivity index (χ0n) is 3.72. The molecule has 0 aromatic carbocycles. The molecule has 0 fully saturated rings. The van der Waals surface area contributed by atoms with Gasteiger partial charge in [-0.3, -0.25) is 0 Å². The first-order valence-electron chi connectivity index (χ1n) is 1.53. The van der Waals surface area contributed by atoms with Crippen molar-refractivity contribution in [3.8, 4) is 0 Å². The topological polar surface area (TPSA) is 20.2 Å².